The molecule has 10 rings (SSSR count). The van der Waals surface area contributed by atoms with E-state index in [4.69, 9.17) is 4.42 Å². The van der Waals surface area contributed by atoms with Crippen molar-refractivity contribution < 1.29 is 4.42 Å². The first-order valence-electron chi connectivity index (χ1n) is 17.0. The lowest BCUT2D eigenvalue weighted by Gasteiger charge is -2.17. The zero-order valence-electron chi connectivity index (χ0n) is 27.7. The fourth-order valence-corrected chi connectivity index (χ4v) is 9.10. The number of nitrogens with zero attached hydrogens (tertiary/aromatic N) is 2. The van der Waals surface area contributed by atoms with Crippen LogP contribution >= 0.6 is 0 Å². The molecule has 3 aromatic heterocycles. The second kappa shape index (κ2) is 10.3. The van der Waals surface area contributed by atoms with Gasteiger partial charge in [-0.05, 0) is 54.1 Å². The van der Waals surface area contributed by atoms with Gasteiger partial charge in [0, 0.05) is 49.3 Å². The van der Waals surface area contributed by atoms with Crippen LogP contribution in [0, 0.1) is 0 Å². The highest BCUT2D eigenvalue weighted by molar-refractivity contribution is 6.88. The van der Waals surface area contributed by atoms with Gasteiger partial charge in [-0.15, -0.1) is 0 Å². The maximum Gasteiger partial charge on any atom is 0.143 e. The minimum Gasteiger partial charge on any atom is -0.455 e. The summed E-state index contributed by atoms with van der Waals surface area (Å²) in [4.78, 5) is 0. The molecule has 0 N–H and O–H groups in total. The first-order valence-corrected chi connectivity index (χ1v) is 20.5. The Morgan fingerprint density at radius 1 is 0.449 bits per heavy atom. The largest absolute Gasteiger partial charge is 0.455 e. The molecule has 0 unspecified atom stereocenters. The Labute approximate surface area is 285 Å². The van der Waals surface area contributed by atoms with Gasteiger partial charge in [0.25, 0.3) is 0 Å². The standard InChI is InChI=1S/C45H34N2OSi/c1-49(2,3)32-25-23-31(24-26-32)47-39-16-7-4-11-34(39)36-27-28-41-43(44(36)47)38-13-5-8-17-40(38)46(41)30-21-19-29(20-22-30)33-14-10-15-37-35-12-6-9-18-42(35)48-45(33)37/h4-28H,1-3H3. The number of rotatable bonds is 4. The molecule has 7 aromatic carbocycles. The highest BCUT2D eigenvalue weighted by Crippen LogP contribution is 2.42. The number of fused-ring (bicyclic) bond motifs is 10. The van der Waals surface area contributed by atoms with Gasteiger partial charge in [-0.3, -0.25) is 0 Å². The van der Waals surface area contributed by atoms with Gasteiger partial charge in [0.05, 0.1) is 30.1 Å². The molecule has 0 saturated heterocycles. The lowest BCUT2D eigenvalue weighted by molar-refractivity contribution is 0.670. The summed E-state index contributed by atoms with van der Waals surface area (Å²) in [5.41, 5.74) is 11.3. The van der Waals surface area contributed by atoms with Gasteiger partial charge in [-0.1, -0.05) is 128 Å². The molecule has 10 aromatic rings. The summed E-state index contributed by atoms with van der Waals surface area (Å²) in [6.45, 7) is 7.23. The Kier molecular flexibility index (Phi) is 5.94. The van der Waals surface area contributed by atoms with Gasteiger partial charge < -0.3 is 13.6 Å². The lowest BCUT2D eigenvalue weighted by atomic mass is 10.0. The van der Waals surface area contributed by atoms with Crippen LogP contribution < -0.4 is 5.19 Å². The van der Waals surface area contributed by atoms with Crippen molar-refractivity contribution in [3.63, 3.8) is 0 Å². The Hall–Kier alpha value is -5.84. The molecule has 0 atom stereocenters. The van der Waals surface area contributed by atoms with Crippen molar-refractivity contribution in [1.29, 1.82) is 0 Å². The van der Waals surface area contributed by atoms with E-state index in [0.717, 1.165) is 38.8 Å². The topological polar surface area (TPSA) is 23.0 Å². The fraction of sp³-hybridized carbons (Fsp3) is 0.0667. The minimum atomic E-state index is -1.43. The van der Waals surface area contributed by atoms with Crippen molar-refractivity contribution in [3.8, 4) is 22.5 Å². The lowest BCUT2D eigenvalue weighted by Crippen LogP contribution is -2.37. The van der Waals surface area contributed by atoms with Gasteiger partial charge >= 0.3 is 0 Å². The first kappa shape index (κ1) is 28.2. The normalized spacial score (nSPS) is 12.4. The highest BCUT2D eigenvalue weighted by atomic mass is 28.3. The molecule has 234 valence electrons. The molecule has 0 bridgehead atoms. The molecule has 3 nitrogen and oxygen atoms in total. The molecule has 3 heterocycles. The number of benzene rings is 7. The van der Waals surface area contributed by atoms with Gasteiger partial charge in [0.2, 0.25) is 0 Å². The maximum atomic E-state index is 6.39. The molecule has 0 aliphatic heterocycles. The van der Waals surface area contributed by atoms with Crippen LogP contribution in [0.4, 0.5) is 0 Å². The highest BCUT2D eigenvalue weighted by Gasteiger charge is 2.22. The third-order valence-corrected chi connectivity index (χ3v) is 12.4. The smallest absolute Gasteiger partial charge is 0.143 e. The second-order valence-electron chi connectivity index (χ2n) is 14.2. The van der Waals surface area contributed by atoms with Crippen LogP contribution in [-0.2, 0) is 0 Å². The van der Waals surface area contributed by atoms with E-state index >= 15 is 0 Å². The van der Waals surface area contributed by atoms with Crippen LogP contribution in [0.1, 0.15) is 0 Å². The van der Waals surface area contributed by atoms with Gasteiger partial charge in [-0.2, -0.15) is 0 Å². The van der Waals surface area contributed by atoms with Gasteiger partial charge in [0.15, 0.2) is 0 Å². The summed E-state index contributed by atoms with van der Waals surface area (Å²) in [7, 11) is -1.43. The molecular weight excluding hydrogens is 613 g/mol. The van der Waals surface area contributed by atoms with Crippen molar-refractivity contribution in [2.24, 2.45) is 0 Å². The van der Waals surface area contributed by atoms with Crippen LogP contribution in [0.3, 0.4) is 0 Å². The molecule has 0 fully saturated rings. The second-order valence-corrected chi connectivity index (χ2v) is 19.3. The Morgan fingerprint density at radius 3 is 1.82 bits per heavy atom. The zero-order chi connectivity index (χ0) is 32.9. The summed E-state index contributed by atoms with van der Waals surface area (Å²) in [5, 5.41) is 8.84. The molecule has 0 saturated carbocycles. The third-order valence-electron chi connectivity index (χ3n) is 10.3. The summed E-state index contributed by atoms with van der Waals surface area (Å²) >= 11 is 0. The van der Waals surface area contributed by atoms with Crippen LogP contribution in [-0.4, -0.2) is 17.2 Å². The molecule has 4 heteroatoms. The number of furan rings is 1. The van der Waals surface area contributed by atoms with Crippen LogP contribution in [0.15, 0.2) is 156 Å². The number of aromatic nitrogens is 2. The molecule has 0 amide bonds. The summed E-state index contributed by atoms with van der Waals surface area (Å²) in [6.07, 6.45) is 0. The van der Waals surface area contributed by atoms with E-state index in [1.165, 1.54) is 54.5 Å². The van der Waals surface area contributed by atoms with Crippen LogP contribution in [0.25, 0.3) is 88.1 Å². The van der Waals surface area contributed by atoms with E-state index in [1.807, 2.05) is 12.1 Å². The molecular formula is C45H34N2OSi. The Bertz CT molecular complexity index is 2900. The summed E-state index contributed by atoms with van der Waals surface area (Å²) in [5.74, 6) is 0. The number of hydrogen-bond acceptors (Lipinski definition) is 1. The van der Waals surface area contributed by atoms with E-state index < -0.39 is 8.07 Å². The van der Waals surface area contributed by atoms with Crippen molar-refractivity contribution >= 4 is 78.8 Å². The predicted octanol–water partition coefficient (Wildman–Crippen LogP) is 12.0. The van der Waals surface area contributed by atoms with Gasteiger partial charge in [-0.25, -0.2) is 0 Å². The number of hydrogen-bond donors (Lipinski definition) is 0. The molecule has 0 spiro atoms. The fourth-order valence-electron chi connectivity index (χ4n) is 7.93. The Morgan fingerprint density at radius 2 is 1.06 bits per heavy atom. The van der Waals surface area contributed by atoms with E-state index in [0.29, 0.717) is 0 Å². The first-order chi connectivity index (χ1) is 24.0. The average Bonchev–Trinajstić information content (AvgIpc) is 3.79. The monoisotopic (exact) mass is 646 g/mol. The predicted molar refractivity (Wildman–Crippen MR) is 211 cm³/mol. The van der Waals surface area contributed by atoms with Gasteiger partial charge in [0.1, 0.15) is 11.2 Å². The van der Waals surface area contributed by atoms with Crippen molar-refractivity contribution in [2.45, 2.75) is 19.6 Å². The third kappa shape index (κ3) is 4.14. The average molecular weight is 647 g/mol. The molecule has 0 aliphatic carbocycles. The number of para-hydroxylation sites is 4. The zero-order valence-corrected chi connectivity index (χ0v) is 28.7. The molecule has 0 radical (unpaired) electrons. The maximum absolute atomic E-state index is 6.39. The van der Waals surface area contributed by atoms with Crippen LogP contribution in [0.5, 0.6) is 0 Å². The summed E-state index contributed by atoms with van der Waals surface area (Å²) < 4.78 is 11.3. The van der Waals surface area contributed by atoms with Crippen molar-refractivity contribution in [3.05, 3.63) is 152 Å². The van der Waals surface area contributed by atoms with E-state index in [1.54, 1.807) is 0 Å². The summed E-state index contributed by atoms with van der Waals surface area (Å²) in [6, 6.07) is 55.3. The molecule has 49 heavy (non-hydrogen) atoms. The van der Waals surface area contributed by atoms with E-state index in [-0.39, 0.29) is 0 Å². The Balaban J connectivity index is 1.21. The van der Waals surface area contributed by atoms with Crippen molar-refractivity contribution in [2.75, 3.05) is 0 Å². The quantitative estimate of drug-likeness (QED) is 0.175. The van der Waals surface area contributed by atoms with Crippen molar-refractivity contribution in [1.82, 2.24) is 9.13 Å². The molecule has 0 aliphatic rings. The van der Waals surface area contributed by atoms with Crippen LogP contribution in [0.2, 0.25) is 19.6 Å². The van der Waals surface area contributed by atoms with E-state index in [9.17, 15) is 0 Å². The minimum absolute atomic E-state index is 0.919. The SMILES string of the molecule is C[Si](C)(C)c1ccc(-n2c3ccccc3c3ccc4c(c5ccccc5n4-c4ccc(-c5cccc6c5oc5ccccc56)cc4)c32)cc1. The van der Waals surface area contributed by atoms with E-state index in [2.05, 4.69) is 168 Å².